The first-order valence-corrected chi connectivity index (χ1v) is 8.97. The van der Waals surface area contributed by atoms with Gasteiger partial charge in [0.2, 0.25) is 5.91 Å². The van der Waals surface area contributed by atoms with E-state index in [1.165, 1.54) is 6.20 Å². The fourth-order valence-electron chi connectivity index (χ4n) is 2.71. The number of amides is 1. The van der Waals surface area contributed by atoms with Crippen molar-refractivity contribution in [2.75, 3.05) is 25.5 Å². The van der Waals surface area contributed by atoms with Crippen LogP contribution in [0.4, 0.5) is 5.82 Å². The highest BCUT2D eigenvalue weighted by atomic mass is 16.6. The fraction of sp³-hybridized carbons (Fsp3) is 0.588. The first-order chi connectivity index (χ1) is 13.9. The lowest BCUT2D eigenvalue weighted by atomic mass is 10.1. The van der Waals surface area contributed by atoms with Gasteiger partial charge < -0.3 is 35.9 Å². The maximum atomic E-state index is 12.1. The van der Waals surface area contributed by atoms with Crippen LogP contribution in [0.5, 0.6) is 0 Å². The zero-order valence-corrected chi connectivity index (χ0v) is 15.7. The molecule has 0 aliphatic carbocycles. The van der Waals surface area contributed by atoms with Gasteiger partial charge in [-0.2, -0.15) is 4.98 Å². The number of nitrogens with zero attached hydrogens (tertiary/aromatic N) is 2. The van der Waals surface area contributed by atoms with Crippen LogP contribution in [0.2, 0.25) is 0 Å². The molecule has 1 aliphatic rings. The molecule has 0 radical (unpaired) electrons. The van der Waals surface area contributed by atoms with E-state index in [0.29, 0.717) is 25.9 Å². The van der Waals surface area contributed by atoms with Crippen LogP contribution in [0.1, 0.15) is 31.1 Å². The molecule has 0 unspecified atom stereocenters. The van der Waals surface area contributed by atoms with E-state index in [4.69, 9.17) is 21.5 Å². The average molecular weight is 411 g/mol. The second-order valence-electron chi connectivity index (χ2n) is 6.36. The molecule has 2 heterocycles. The largest absolute Gasteiger partial charge is 0.394 e. The number of nitrogens with two attached hydrogens (primary N) is 2. The smallest absolute Gasteiger partial charge is 0.351 e. The number of hydrogen-bond donors (Lipinski definition) is 6. The summed E-state index contributed by atoms with van der Waals surface area (Å²) in [6.07, 6.45) is -2.25. The molecule has 12 nitrogen and oxygen atoms in total. The third-order valence-corrected chi connectivity index (χ3v) is 4.29. The number of unbranched alkanes of at least 4 members (excludes halogenated alkanes) is 1. The number of anilines is 1. The summed E-state index contributed by atoms with van der Waals surface area (Å²) in [5.41, 5.74) is 5.08. The molecule has 0 spiro atoms. The van der Waals surface area contributed by atoms with Gasteiger partial charge in [0.15, 0.2) is 6.23 Å². The fourth-order valence-corrected chi connectivity index (χ4v) is 2.71. The Morgan fingerprint density at radius 2 is 2.14 bits per heavy atom. The molecular weight excluding hydrogens is 386 g/mol. The second kappa shape index (κ2) is 10.9. The number of nitrogens with one attached hydrogen (secondary N) is 1. The van der Waals surface area contributed by atoms with Crippen molar-refractivity contribution in [3.8, 4) is 11.8 Å². The number of aromatic nitrogens is 2. The first-order valence-electron chi connectivity index (χ1n) is 8.97. The number of hydrogen-bond acceptors (Lipinski definition) is 10. The molecule has 0 aromatic carbocycles. The summed E-state index contributed by atoms with van der Waals surface area (Å²) < 4.78 is 6.27. The van der Waals surface area contributed by atoms with E-state index in [9.17, 15) is 19.8 Å². The van der Waals surface area contributed by atoms with Gasteiger partial charge in [-0.3, -0.25) is 9.36 Å². The Hall–Kier alpha value is -2.53. The van der Waals surface area contributed by atoms with Gasteiger partial charge in [-0.1, -0.05) is 11.8 Å². The van der Waals surface area contributed by atoms with Crippen LogP contribution in [0.3, 0.4) is 0 Å². The maximum absolute atomic E-state index is 12.1. The third kappa shape index (κ3) is 5.97. The molecule has 29 heavy (non-hydrogen) atoms. The van der Waals surface area contributed by atoms with Crippen LogP contribution in [-0.2, 0) is 14.4 Å². The van der Waals surface area contributed by atoms with E-state index >= 15 is 0 Å². The van der Waals surface area contributed by atoms with E-state index < -0.39 is 36.8 Å². The summed E-state index contributed by atoms with van der Waals surface area (Å²) in [4.78, 5) is 31.8. The molecule has 1 aliphatic heterocycles. The molecule has 0 bridgehead atoms. The Morgan fingerprint density at radius 1 is 1.38 bits per heavy atom. The lowest BCUT2D eigenvalue weighted by Crippen LogP contribution is -2.36. The Balaban J connectivity index is 2.03. The summed E-state index contributed by atoms with van der Waals surface area (Å²) in [7, 11) is 0. The van der Waals surface area contributed by atoms with Gasteiger partial charge in [0.1, 0.15) is 24.1 Å². The van der Waals surface area contributed by atoms with Gasteiger partial charge in [-0.15, -0.1) is 0 Å². The van der Waals surface area contributed by atoms with Crippen molar-refractivity contribution in [1.82, 2.24) is 14.9 Å². The molecule has 0 saturated carbocycles. The number of nitrogen functional groups attached to an aromatic ring is 1. The van der Waals surface area contributed by atoms with Crippen LogP contribution in [0.15, 0.2) is 11.0 Å². The van der Waals surface area contributed by atoms with E-state index in [1.54, 1.807) is 0 Å². The molecule has 1 aromatic heterocycles. The highest BCUT2D eigenvalue weighted by Crippen LogP contribution is 2.28. The second-order valence-corrected chi connectivity index (χ2v) is 6.36. The first kappa shape index (κ1) is 22.8. The Kier molecular flexibility index (Phi) is 8.52. The quantitative estimate of drug-likeness (QED) is 0.145. The Labute approximate surface area is 166 Å². The van der Waals surface area contributed by atoms with Crippen molar-refractivity contribution in [1.29, 1.82) is 0 Å². The van der Waals surface area contributed by atoms with Crippen molar-refractivity contribution >= 4 is 11.7 Å². The predicted octanol–water partition coefficient (Wildman–Crippen LogP) is -3.03. The van der Waals surface area contributed by atoms with Crippen molar-refractivity contribution in [2.45, 2.75) is 43.8 Å². The number of aliphatic hydroxyl groups excluding tert-OH is 3. The van der Waals surface area contributed by atoms with Gasteiger partial charge in [0, 0.05) is 12.6 Å². The molecule has 2 rings (SSSR count). The van der Waals surface area contributed by atoms with Crippen molar-refractivity contribution < 1.29 is 29.7 Å². The SMILES string of the molecule is NOCCCCC(=O)NCC#Cc1cn([C@@H]2O[C@H](CO)[C@@H](O)[C@H]2O)c(=O)nc1N. The van der Waals surface area contributed by atoms with Gasteiger partial charge in [0.05, 0.1) is 25.3 Å². The van der Waals surface area contributed by atoms with Crippen LogP contribution >= 0.6 is 0 Å². The minimum absolute atomic E-state index is 0.0542. The summed E-state index contributed by atoms with van der Waals surface area (Å²) in [6.45, 7) is -0.0965. The zero-order valence-electron chi connectivity index (χ0n) is 15.7. The number of carbonyl (C=O) groups is 1. The zero-order chi connectivity index (χ0) is 21.4. The van der Waals surface area contributed by atoms with E-state index in [-0.39, 0.29) is 23.8 Å². The maximum Gasteiger partial charge on any atom is 0.351 e. The summed E-state index contributed by atoms with van der Waals surface area (Å²) in [5, 5.41) is 31.7. The summed E-state index contributed by atoms with van der Waals surface area (Å²) >= 11 is 0. The molecule has 4 atom stereocenters. The molecule has 8 N–H and O–H groups in total. The lowest BCUT2D eigenvalue weighted by Gasteiger charge is -2.17. The molecule has 1 saturated heterocycles. The van der Waals surface area contributed by atoms with E-state index in [0.717, 1.165) is 4.57 Å². The van der Waals surface area contributed by atoms with Gasteiger partial charge in [-0.05, 0) is 12.8 Å². The minimum Gasteiger partial charge on any atom is -0.394 e. The predicted molar refractivity (Wildman–Crippen MR) is 99.8 cm³/mol. The Bertz CT molecular complexity index is 819. The van der Waals surface area contributed by atoms with E-state index in [1.807, 2.05) is 0 Å². The minimum atomic E-state index is -1.44. The number of ether oxygens (including phenoxy) is 1. The number of aliphatic hydroxyl groups is 3. The van der Waals surface area contributed by atoms with Crippen molar-refractivity contribution in [3.63, 3.8) is 0 Å². The molecule has 160 valence electrons. The normalized spacial score (nSPS) is 23.4. The van der Waals surface area contributed by atoms with Gasteiger partial charge in [-0.25, -0.2) is 10.7 Å². The summed E-state index contributed by atoms with van der Waals surface area (Å²) in [5.74, 6) is 9.98. The molecule has 1 fully saturated rings. The highest BCUT2D eigenvalue weighted by Gasteiger charge is 2.43. The monoisotopic (exact) mass is 411 g/mol. The van der Waals surface area contributed by atoms with Crippen LogP contribution in [0.25, 0.3) is 0 Å². The third-order valence-electron chi connectivity index (χ3n) is 4.29. The molecular formula is C17H25N5O7. The Morgan fingerprint density at radius 3 is 2.79 bits per heavy atom. The van der Waals surface area contributed by atoms with E-state index in [2.05, 4.69) is 27.0 Å². The summed E-state index contributed by atoms with van der Waals surface area (Å²) in [6, 6.07) is 0. The van der Waals surface area contributed by atoms with Crippen LogP contribution in [-0.4, -0.2) is 68.8 Å². The lowest BCUT2D eigenvalue weighted by molar-refractivity contribution is -0.121. The van der Waals surface area contributed by atoms with Crippen molar-refractivity contribution in [3.05, 3.63) is 22.2 Å². The molecule has 1 aromatic rings. The molecule has 1 amide bonds. The highest BCUT2D eigenvalue weighted by molar-refractivity contribution is 5.76. The van der Waals surface area contributed by atoms with Gasteiger partial charge >= 0.3 is 5.69 Å². The van der Waals surface area contributed by atoms with Crippen LogP contribution in [0, 0.1) is 11.8 Å². The average Bonchev–Trinajstić information content (AvgIpc) is 2.98. The number of carbonyl (C=O) groups excluding carboxylic acids is 1. The number of rotatable bonds is 8. The standard InChI is InChI=1S/C17H25N5O7/c18-15-10(4-3-6-20-12(24)5-1-2-7-28-19)8-22(17(27)21-15)16-14(26)13(25)11(9-23)29-16/h8,11,13-14,16,23,25-26H,1-2,5-7,9,19H2,(H,20,24)(H2,18,21,27)/t11-,13-,14-,16-/m1/s1. The van der Waals surface area contributed by atoms with Crippen molar-refractivity contribution in [2.24, 2.45) is 5.90 Å². The topological polar surface area (TPSA) is 195 Å². The van der Waals surface area contributed by atoms with Gasteiger partial charge in [0.25, 0.3) is 0 Å². The molecule has 12 heteroatoms. The van der Waals surface area contributed by atoms with Crippen LogP contribution < -0.4 is 22.6 Å².